The maximum atomic E-state index is 9.89. The zero-order chi connectivity index (χ0) is 6.41. The average Bonchev–Trinajstić information content (AvgIpc) is 1.66. The molecule has 0 heterocycles. The zero-order valence-electron chi connectivity index (χ0n) is 4.46. The highest BCUT2D eigenvalue weighted by Gasteiger charge is 1.89. The minimum Gasteiger partial charge on any atom is -0.394 e. The van der Waals surface area contributed by atoms with Gasteiger partial charge >= 0.3 is 0 Å². The van der Waals surface area contributed by atoms with Gasteiger partial charge < -0.3 is 15.6 Å². The Morgan fingerprint density at radius 1 is 1.75 bits per heavy atom. The SMILES string of the molecule is NC(=O)COCCO. The number of hydrogen-bond donors (Lipinski definition) is 2. The van der Waals surface area contributed by atoms with Crippen molar-refractivity contribution in [2.45, 2.75) is 0 Å². The quantitative estimate of drug-likeness (QED) is 0.441. The van der Waals surface area contributed by atoms with Gasteiger partial charge in [0.25, 0.3) is 0 Å². The van der Waals surface area contributed by atoms with Crippen molar-refractivity contribution in [3.63, 3.8) is 0 Å². The van der Waals surface area contributed by atoms with Crippen LogP contribution in [0.25, 0.3) is 0 Å². The normalized spacial score (nSPS) is 9.12. The minimum atomic E-state index is -0.515. The molecule has 0 aromatic rings. The monoisotopic (exact) mass is 119 g/mol. The van der Waals surface area contributed by atoms with Gasteiger partial charge in [0.05, 0.1) is 13.2 Å². The fourth-order valence-corrected chi connectivity index (χ4v) is 0.237. The van der Waals surface area contributed by atoms with Crippen molar-refractivity contribution in [3.05, 3.63) is 0 Å². The summed E-state index contributed by atoms with van der Waals surface area (Å²) >= 11 is 0. The lowest BCUT2D eigenvalue weighted by Gasteiger charge is -1.94. The Bertz CT molecular complexity index is 73.7. The Labute approximate surface area is 47.2 Å². The second-order valence-corrected chi connectivity index (χ2v) is 1.24. The van der Waals surface area contributed by atoms with E-state index in [4.69, 9.17) is 5.11 Å². The van der Waals surface area contributed by atoms with Crippen molar-refractivity contribution < 1.29 is 14.6 Å². The molecule has 0 rings (SSSR count). The molecule has 4 nitrogen and oxygen atoms in total. The summed E-state index contributed by atoms with van der Waals surface area (Å²) in [6, 6.07) is 0. The summed E-state index contributed by atoms with van der Waals surface area (Å²) in [6.07, 6.45) is 0. The summed E-state index contributed by atoms with van der Waals surface area (Å²) in [5.41, 5.74) is 4.69. The Balaban J connectivity index is 2.82. The number of ether oxygens (including phenoxy) is 1. The lowest BCUT2D eigenvalue weighted by molar-refractivity contribution is -0.122. The van der Waals surface area contributed by atoms with Gasteiger partial charge in [0.2, 0.25) is 5.91 Å². The highest BCUT2D eigenvalue weighted by atomic mass is 16.5. The van der Waals surface area contributed by atoms with Crippen molar-refractivity contribution in [1.82, 2.24) is 0 Å². The lowest BCUT2D eigenvalue weighted by atomic mass is 10.7. The molecule has 0 saturated heterocycles. The molecule has 0 atom stereocenters. The Kier molecular flexibility index (Phi) is 4.20. The second-order valence-electron chi connectivity index (χ2n) is 1.24. The third kappa shape index (κ3) is 5.39. The Hall–Kier alpha value is -0.610. The Morgan fingerprint density at radius 2 is 2.38 bits per heavy atom. The van der Waals surface area contributed by atoms with E-state index in [0.29, 0.717) is 0 Å². The topological polar surface area (TPSA) is 72.6 Å². The van der Waals surface area contributed by atoms with E-state index in [1.165, 1.54) is 0 Å². The fraction of sp³-hybridized carbons (Fsp3) is 0.750. The summed E-state index contributed by atoms with van der Waals surface area (Å²) in [4.78, 5) is 9.89. The van der Waals surface area contributed by atoms with Gasteiger partial charge in [-0.2, -0.15) is 0 Å². The maximum Gasteiger partial charge on any atom is 0.243 e. The molecule has 0 unspecified atom stereocenters. The van der Waals surface area contributed by atoms with Crippen LogP contribution < -0.4 is 5.73 Å². The van der Waals surface area contributed by atoms with E-state index in [1.807, 2.05) is 0 Å². The third-order valence-electron chi connectivity index (χ3n) is 0.480. The average molecular weight is 119 g/mol. The molecule has 0 aliphatic heterocycles. The van der Waals surface area contributed by atoms with Crippen LogP contribution in [-0.2, 0) is 9.53 Å². The summed E-state index contributed by atoms with van der Waals surface area (Å²) in [5, 5.41) is 8.10. The van der Waals surface area contributed by atoms with Crippen molar-refractivity contribution >= 4 is 5.91 Å². The van der Waals surface area contributed by atoms with Crippen LogP contribution in [-0.4, -0.2) is 30.8 Å². The van der Waals surface area contributed by atoms with Gasteiger partial charge in [0, 0.05) is 0 Å². The minimum absolute atomic E-state index is 0.0761. The molecule has 0 spiro atoms. The van der Waals surface area contributed by atoms with E-state index < -0.39 is 5.91 Å². The predicted molar refractivity (Wildman–Crippen MR) is 27.1 cm³/mol. The highest BCUT2D eigenvalue weighted by molar-refractivity contribution is 5.74. The third-order valence-corrected chi connectivity index (χ3v) is 0.480. The first kappa shape index (κ1) is 7.39. The summed E-state index contributed by atoms with van der Waals surface area (Å²) in [6.45, 7) is -0.0171. The molecule has 48 valence electrons. The van der Waals surface area contributed by atoms with Gasteiger partial charge in [-0.1, -0.05) is 0 Å². The number of aliphatic hydroxyl groups excluding tert-OH is 1. The Morgan fingerprint density at radius 3 is 2.75 bits per heavy atom. The molecule has 0 aliphatic carbocycles. The maximum absolute atomic E-state index is 9.89. The molecule has 3 N–H and O–H groups in total. The number of rotatable bonds is 4. The molecule has 0 fully saturated rings. The van der Waals surface area contributed by atoms with E-state index in [0.717, 1.165) is 0 Å². The first-order valence-corrected chi connectivity index (χ1v) is 2.24. The first-order chi connectivity index (χ1) is 3.77. The predicted octanol–water partition coefficient (Wildman–Crippen LogP) is -1.52. The molecular formula is C4H9NO3. The van der Waals surface area contributed by atoms with Crippen LogP contribution in [0.3, 0.4) is 0 Å². The first-order valence-electron chi connectivity index (χ1n) is 2.24. The number of aliphatic hydroxyl groups is 1. The molecule has 0 aromatic carbocycles. The highest BCUT2D eigenvalue weighted by Crippen LogP contribution is 1.69. The summed E-state index contributed by atoms with van der Waals surface area (Å²) in [5.74, 6) is -0.515. The molecule has 0 aliphatic rings. The van der Waals surface area contributed by atoms with Gasteiger partial charge in [-0.25, -0.2) is 0 Å². The lowest BCUT2D eigenvalue weighted by Crippen LogP contribution is -2.19. The largest absolute Gasteiger partial charge is 0.394 e. The van der Waals surface area contributed by atoms with Crippen molar-refractivity contribution in [2.24, 2.45) is 5.73 Å². The van der Waals surface area contributed by atoms with E-state index in [-0.39, 0.29) is 19.8 Å². The fourth-order valence-electron chi connectivity index (χ4n) is 0.237. The number of amides is 1. The van der Waals surface area contributed by atoms with Gasteiger partial charge in [0.1, 0.15) is 6.61 Å². The van der Waals surface area contributed by atoms with E-state index in [2.05, 4.69) is 10.5 Å². The van der Waals surface area contributed by atoms with Gasteiger partial charge in [0.15, 0.2) is 0 Å². The van der Waals surface area contributed by atoms with Crippen LogP contribution in [0.5, 0.6) is 0 Å². The van der Waals surface area contributed by atoms with Gasteiger partial charge in [-0.05, 0) is 0 Å². The number of hydrogen-bond acceptors (Lipinski definition) is 3. The molecule has 0 aromatic heterocycles. The van der Waals surface area contributed by atoms with Crippen LogP contribution in [0.2, 0.25) is 0 Å². The smallest absolute Gasteiger partial charge is 0.243 e. The number of carbonyl (C=O) groups is 1. The van der Waals surface area contributed by atoms with Crippen LogP contribution in [0.4, 0.5) is 0 Å². The molecule has 1 amide bonds. The molecule has 4 heteroatoms. The molecule has 0 saturated carbocycles. The molecule has 0 radical (unpaired) electrons. The van der Waals surface area contributed by atoms with Crippen LogP contribution in [0.1, 0.15) is 0 Å². The number of primary amides is 1. The van der Waals surface area contributed by atoms with Crippen molar-refractivity contribution in [3.8, 4) is 0 Å². The summed E-state index contributed by atoms with van der Waals surface area (Å²) < 4.78 is 4.52. The zero-order valence-corrected chi connectivity index (χ0v) is 4.46. The van der Waals surface area contributed by atoms with Crippen molar-refractivity contribution in [1.29, 1.82) is 0 Å². The second kappa shape index (κ2) is 4.55. The van der Waals surface area contributed by atoms with E-state index >= 15 is 0 Å². The number of nitrogens with two attached hydrogens (primary N) is 1. The van der Waals surface area contributed by atoms with Gasteiger partial charge in [-0.3, -0.25) is 4.79 Å². The van der Waals surface area contributed by atoms with E-state index in [1.54, 1.807) is 0 Å². The van der Waals surface area contributed by atoms with Crippen LogP contribution in [0, 0.1) is 0 Å². The van der Waals surface area contributed by atoms with Crippen LogP contribution >= 0.6 is 0 Å². The van der Waals surface area contributed by atoms with E-state index in [9.17, 15) is 4.79 Å². The van der Waals surface area contributed by atoms with Crippen molar-refractivity contribution in [2.75, 3.05) is 19.8 Å². The summed E-state index contributed by atoms with van der Waals surface area (Å²) in [7, 11) is 0. The molecule has 0 bridgehead atoms. The molecule has 8 heavy (non-hydrogen) atoms. The standard InChI is InChI=1S/C4H9NO3/c5-4(7)3-8-2-1-6/h6H,1-3H2,(H2,5,7). The number of carbonyl (C=O) groups excluding carboxylic acids is 1. The molecular weight excluding hydrogens is 110 g/mol. The van der Waals surface area contributed by atoms with Gasteiger partial charge in [-0.15, -0.1) is 0 Å². The van der Waals surface area contributed by atoms with Crippen LogP contribution in [0.15, 0.2) is 0 Å².